The van der Waals surface area contributed by atoms with Crippen LogP contribution in [0.3, 0.4) is 0 Å². The minimum Gasteiger partial charge on any atom is -0.449 e. The lowest BCUT2D eigenvalue weighted by atomic mass is 10.1. The first-order chi connectivity index (χ1) is 13.1. The molecule has 2 amide bonds. The summed E-state index contributed by atoms with van der Waals surface area (Å²) in [4.78, 5) is 26.7. The van der Waals surface area contributed by atoms with Crippen molar-refractivity contribution in [1.82, 2.24) is 5.32 Å². The molecule has 1 heterocycles. The van der Waals surface area contributed by atoms with Gasteiger partial charge in [0.05, 0.1) is 5.69 Å². The van der Waals surface area contributed by atoms with Crippen LogP contribution in [0, 0.1) is 0 Å². The molecule has 0 spiro atoms. The van der Waals surface area contributed by atoms with E-state index in [9.17, 15) is 9.59 Å². The number of hydrogen-bond acceptors (Lipinski definition) is 3. The van der Waals surface area contributed by atoms with Crippen LogP contribution in [-0.4, -0.2) is 24.9 Å². The summed E-state index contributed by atoms with van der Waals surface area (Å²) < 4.78 is 5.79. The van der Waals surface area contributed by atoms with Crippen LogP contribution in [0.25, 0.3) is 6.08 Å². The van der Waals surface area contributed by atoms with Crippen molar-refractivity contribution in [3.8, 4) is 5.75 Å². The van der Waals surface area contributed by atoms with Crippen LogP contribution in [0.2, 0.25) is 5.02 Å². The Kier molecular flexibility index (Phi) is 6.14. The predicted molar refractivity (Wildman–Crippen MR) is 107 cm³/mol. The Hall–Kier alpha value is -2.79. The van der Waals surface area contributed by atoms with Crippen LogP contribution in [0.1, 0.15) is 25.3 Å². The third-order valence-corrected chi connectivity index (χ3v) is 4.52. The number of carbonyl (C=O) groups is 2. The minimum absolute atomic E-state index is 0.0667. The number of rotatable bonds is 6. The molecule has 0 saturated carbocycles. The molecule has 0 saturated heterocycles. The molecule has 1 aliphatic heterocycles. The van der Waals surface area contributed by atoms with Gasteiger partial charge >= 0.3 is 0 Å². The number of carbonyl (C=O) groups excluding carboxylic acids is 2. The van der Waals surface area contributed by atoms with E-state index in [1.165, 1.54) is 4.90 Å². The van der Waals surface area contributed by atoms with Gasteiger partial charge in [0, 0.05) is 11.6 Å². The molecule has 5 nitrogen and oxygen atoms in total. The molecule has 3 rings (SSSR count). The van der Waals surface area contributed by atoms with Gasteiger partial charge in [0.2, 0.25) is 5.91 Å². The first-order valence-electron chi connectivity index (χ1n) is 8.92. The van der Waals surface area contributed by atoms with Gasteiger partial charge < -0.3 is 10.1 Å². The van der Waals surface area contributed by atoms with Crippen LogP contribution < -0.4 is 15.0 Å². The number of nitrogens with zero attached hydrogens (tertiary/aromatic N) is 1. The molecule has 0 unspecified atom stereocenters. The minimum atomic E-state index is -0.376. The zero-order valence-corrected chi connectivity index (χ0v) is 15.8. The molecule has 1 aliphatic rings. The Morgan fingerprint density at radius 3 is 2.70 bits per heavy atom. The number of amides is 2. The number of anilines is 1. The molecule has 1 N–H and O–H groups in total. The van der Waals surface area contributed by atoms with E-state index >= 15 is 0 Å². The third kappa shape index (κ3) is 4.49. The molecule has 0 bridgehead atoms. The number of hydrogen-bond donors (Lipinski definition) is 1. The van der Waals surface area contributed by atoms with Crippen LogP contribution in [-0.2, 0) is 9.59 Å². The third-order valence-electron chi connectivity index (χ3n) is 4.18. The summed E-state index contributed by atoms with van der Waals surface area (Å²) >= 11 is 6.19. The standard InChI is InChI=1S/C21H21ClN2O3/c1-2-3-12-23-20(25)14-24-17-10-6-7-11-18(17)27-19(21(24)26)13-15-8-4-5-9-16(15)22/h4-11,13H,2-3,12,14H2,1H3,(H,23,25). The van der Waals surface area contributed by atoms with Crippen molar-refractivity contribution in [3.63, 3.8) is 0 Å². The van der Waals surface area contributed by atoms with Crippen molar-refractivity contribution in [2.75, 3.05) is 18.0 Å². The van der Waals surface area contributed by atoms with Gasteiger partial charge in [0.15, 0.2) is 11.5 Å². The van der Waals surface area contributed by atoms with E-state index in [1.54, 1.807) is 36.4 Å². The number of para-hydroxylation sites is 2. The molecule has 0 fully saturated rings. The van der Waals surface area contributed by atoms with E-state index in [-0.39, 0.29) is 24.1 Å². The van der Waals surface area contributed by atoms with Gasteiger partial charge in [0.25, 0.3) is 5.91 Å². The lowest BCUT2D eigenvalue weighted by Crippen LogP contribution is -2.44. The summed E-state index contributed by atoms with van der Waals surface area (Å²) in [5, 5.41) is 3.36. The van der Waals surface area contributed by atoms with E-state index in [2.05, 4.69) is 12.2 Å². The molecule has 0 aromatic heterocycles. The highest BCUT2D eigenvalue weighted by molar-refractivity contribution is 6.32. The van der Waals surface area contributed by atoms with Crippen LogP contribution in [0.4, 0.5) is 5.69 Å². The number of benzene rings is 2. The SMILES string of the molecule is CCCCNC(=O)CN1C(=O)C(=Cc2ccccc2Cl)Oc2ccccc21. The summed E-state index contributed by atoms with van der Waals surface area (Å²) in [5.74, 6) is 0.0739. The zero-order valence-electron chi connectivity index (χ0n) is 15.1. The maximum absolute atomic E-state index is 13.0. The molecular formula is C21H21ClN2O3. The molecule has 0 atom stereocenters. The van der Waals surface area contributed by atoms with Gasteiger partial charge in [-0.15, -0.1) is 0 Å². The largest absolute Gasteiger partial charge is 0.449 e. The zero-order chi connectivity index (χ0) is 19.2. The fourth-order valence-corrected chi connectivity index (χ4v) is 2.95. The van der Waals surface area contributed by atoms with E-state index in [4.69, 9.17) is 16.3 Å². The van der Waals surface area contributed by atoms with Crippen LogP contribution in [0.15, 0.2) is 54.3 Å². The average molecular weight is 385 g/mol. The van der Waals surface area contributed by atoms with Gasteiger partial charge in [-0.2, -0.15) is 0 Å². The smallest absolute Gasteiger partial charge is 0.294 e. The molecular weight excluding hydrogens is 364 g/mol. The lowest BCUT2D eigenvalue weighted by Gasteiger charge is -2.30. The van der Waals surface area contributed by atoms with Gasteiger partial charge in [-0.25, -0.2) is 0 Å². The number of unbranched alkanes of at least 4 members (excludes halogenated alkanes) is 1. The van der Waals surface area contributed by atoms with Crippen molar-refractivity contribution in [2.24, 2.45) is 0 Å². The van der Waals surface area contributed by atoms with E-state index in [1.807, 2.05) is 18.2 Å². The summed E-state index contributed by atoms with van der Waals surface area (Å²) in [6.07, 6.45) is 3.49. The van der Waals surface area contributed by atoms with Crippen LogP contribution in [0.5, 0.6) is 5.75 Å². The number of fused-ring (bicyclic) bond motifs is 1. The molecule has 140 valence electrons. The van der Waals surface area contributed by atoms with Gasteiger partial charge in [-0.1, -0.05) is 55.3 Å². The normalized spacial score (nSPS) is 14.7. The maximum Gasteiger partial charge on any atom is 0.294 e. The highest BCUT2D eigenvalue weighted by Crippen LogP contribution is 2.35. The Balaban J connectivity index is 1.89. The first-order valence-corrected chi connectivity index (χ1v) is 9.29. The highest BCUT2D eigenvalue weighted by atomic mass is 35.5. The highest BCUT2D eigenvalue weighted by Gasteiger charge is 2.31. The molecule has 2 aromatic carbocycles. The second-order valence-electron chi connectivity index (χ2n) is 6.19. The maximum atomic E-state index is 13.0. The summed E-state index contributed by atoms with van der Waals surface area (Å²) in [5.41, 5.74) is 1.25. The van der Waals surface area contributed by atoms with Crippen molar-refractivity contribution >= 4 is 35.2 Å². The quantitative estimate of drug-likeness (QED) is 0.604. The van der Waals surface area contributed by atoms with Crippen molar-refractivity contribution < 1.29 is 14.3 Å². The summed E-state index contributed by atoms with van der Waals surface area (Å²) in [6, 6.07) is 14.3. The number of ether oxygens (including phenoxy) is 1. The second kappa shape index (κ2) is 8.73. The lowest BCUT2D eigenvalue weighted by molar-refractivity contribution is -0.123. The molecule has 2 aromatic rings. The number of nitrogens with one attached hydrogen (secondary N) is 1. The van der Waals surface area contributed by atoms with Crippen molar-refractivity contribution in [3.05, 3.63) is 64.9 Å². The van der Waals surface area contributed by atoms with Crippen molar-refractivity contribution in [2.45, 2.75) is 19.8 Å². The van der Waals surface area contributed by atoms with Crippen molar-refractivity contribution in [1.29, 1.82) is 0 Å². The average Bonchev–Trinajstić information content (AvgIpc) is 2.67. The van der Waals surface area contributed by atoms with E-state index < -0.39 is 0 Å². The Morgan fingerprint density at radius 2 is 1.93 bits per heavy atom. The van der Waals surface area contributed by atoms with Gasteiger partial charge in [0.1, 0.15) is 6.54 Å². The Bertz CT molecular complexity index is 879. The molecule has 6 heteroatoms. The predicted octanol–water partition coefficient (Wildman–Crippen LogP) is 4.02. The topological polar surface area (TPSA) is 58.6 Å². The fourth-order valence-electron chi connectivity index (χ4n) is 2.76. The van der Waals surface area contributed by atoms with E-state index in [0.29, 0.717) is 28.6 Å². The Morgan fingerprint density at radius 1 is 1.19 bits per heavy atom. The van der Waals surface area contributed by atoms with E-state index in [0.717, 1.165) is 12.8 Å². The summed E-state index contributed by atoms with van der Waals surface area (Å²) in [6.45, 7) is 2.58. The monoisotopic (exact) mass is 384 g/mol. The second-order valence-corrected chi connectivity index (χ2v) is 6.60. The van der Waals surface area contributed by atoms with Crippen LogP contribution >= 0.6 is 11.6 Å². The number of halogens is 1. The molecule has 0 radical (unpaired) electrons. The van der Waals surface area contributed by atoms with Gasteiger partial charge in [-0.3, -0.25) is 14.5 Å². The Labute approximate surface area is 163 Å². The fraction of sp³-hybridized carbons (Fsp3) is 0.238. The molecule has 0 aliphatic carbocycles. The first kappa shape index (κ1) is 19.0. The van der Waals surface area contributed by atoms with Gasteiger partial charge in [-0.05, 0) is 36.3 Å². The summed E-state index contributed by atoms with van der Waals surface area (Å²) in [7, 11) is 0. The molecule has 27 heavy (non-hydrogen) atoms.